The zero-order valence-electron chi connectivity index (χ0n) is 17.2. The fraction of sp³-hybridized carbons (Fsp3) is 0.318. The van der Waals surface area contributed by atoms with Gasteiger partial charge in [0, 0.05) is 18.5 Å². The molecule has 160 valence electrons. The molecular weight excluding hydrogens is 386 g/mol. The van der Waals surface area contributed by atoms with Gasteiger partial charge in [0.25, 0.3) is 5.91 Å². The number of rotatable bonds is 10. The molecule has 0 spiro atoms. The molecule has 0 aliphatic rings. The van der Waals surface area contributed by atoms with Crippen LogP contribution in [-0.2, 0) is 9.59 Å². The quantitative estimate of drug-likeness (QED) is 0.519. The van der Waals surface area contributed by atoms with Crippen molar-refractivity contribution in [2.45, 2.75) is 33.1 Å². The molecule has 0 saturated heterocycles. The molecule has 0 fully saturated rings. The number of para-hydroxylation sites is 1. The van der Waals surface area contributed by atoms with Crippen molar-refractivity contribution in [2.75, 3.05) is 18.5 Å². The van der Waals surface area contributed by atoms with Crippen molar-refractivity contribution in [1.29, 1.82) is 0 Å². The predicted octanol–water partition coefficient (Wildman–Crippen LogP) is 3.05. The van der Waals surface area contributed by atoms with Crippen LogP contribution in [0.25, 0.3) is 0 Å². The maximum Gasteiger partial charge on any atom is 0.273 e. The predicted molar refractivity (Wildman–Crippen MR) is 113 cm³/mol. The summed E-state index contributed by atoms with van der Waals surface area (Å²) < 4.78 is 10.9. The van der Waals surface area contributed by atoms with Gasteiger partial charge < -0.3 is 14.8 Å². The Hall–Kier alpha value is -3.55. The van der Waals surface area contributed by atoms with Crippen LogP contribution in [0.5, 0.6) is 11.5 Å². The molecule has 0 heterocycles. The molecule has 0 atom stereocenters. The SMILES string of the molecule is CCCOc1ccccc1C(=O)NNC(=O)CCC(=O)Nc1ccc(OCC)cc1. The first-order chi connectivity index (χ1) is 14.5. The molecule has 2 aromatic carbocycles. The minimum atomic E-state index is -0.492. The lowest BCUT2D eigenvalue weighted by molar-refractivity contribution is -0.124. The summed E-state index contributed by atoms with van der Waals surface area (Å²) in [6.07, 6.45) is 0.716. The number of ether oxygens (including phenoxy) is 2. The molecule has 0 aliphatic carbocycles. The average Bonchev–Trinajstić information content (AvgIpc) is 2.76. The van der Waals surface area contributed by atoms with Gasteiger partial charge in [-0.15, -0.1) is 0 Å². The van der Waals surface area contributed by atoms with Crippen molar-refractivity contribution in [3.8, 4) is 11.5 Å². The molecule has 8 nitrogen and oxygen atoms in total. The van der Waals surface area contributed by atoms with Gasteiger partial charge in [-0.3, -0.25) is 25.2 Å². The summed E-state index contributed by atoms with van der Waals surface area (Å²) >= 11 is 0. The lowest BCUT2D eigenvalue weighted by atomic mass is 10.2. The smallest absolute Gasteiger partial charge is 0.273 e. The Morgan fingerprint density at radius 2 is 1.53 bits per heavy atom. The number of hydrogen-bond acceptors (Lipinski definition) is 5. The summed E-state index contributed by atoms with van der Waals surface area (Å²) in [7, 11) is 0. The van der Waals surface area contributed by atoms with Crippen LogP contribution in [-0.4, -0.2) is 30.9 Å². The molecule has 2 rings (SSSR count). The van der Waals surface area contributed by atoms with E-state index in [1.807, 2.05) is 13.8 Å². The van der Waals surface area contributed by atoms with Crippen molar-refractivity contribution >= 4 is 23.4 Å². The van der Waals surface area contributed by atoms with Gasteiger partial charge in [0.1, 0.15) is 11.5 Å². The number of anilines is 1. The van der Waals surface area contributed by atoms with E-state index in [1.54, 1.807) is 48.5 Å². The first kappa shape index (κ1) is 22.7. The van der Waals surface area contributed by atoms with Crippen LogP contribution in [0.3, 0.4) is 0 Å². The highest BCUT2D eigenvalue weighted by atomic mass is 16.5. The Morgan fingerprint density at radius 1 is 0.833 bits per heavy atom. The summed E-state index contributed by atoms with van der Waals surface area (Å²) in [5.74, 6) is -0.113. The minimum absolute atomic E-state index is 0.0227. The summed E-state index contributed by atoms with van der Waals surface area (Å²) in [6, 6.07) is 13.7. The lowest BCUT2D eigenvalue weighted by Gasteiger charge is -2.12. The molecule has 30 heavy (non-hydrogen) atoms. The van der Waals surface area contributed by atoms with E-state index in [0.717, 1.165) is 6.42 Å². The van der Waals surface area contributed by atoms with Gasteiger partial charge >= 0.3 is 0 Å². The molecule has 0 unspecified atom stereocenters. The zero-order valence-corrected chi connectivity index (χ0v) is 17.2. The van der Waals surface area contributed by atoms with Crippen molar-refractivity contribution in [2.24, 2.45) is 0 Å². The molecule has 3 N–H and O–H groups in total. The third kappa shape index (κ3) is 7.46. The third-order valence-corrected chi connectivity index (χ3v) is 3.94. The first-order valence-corrected chi connectivity index (χ1v) is 9.87. The summed E-state index contributed by atoms with van der Waals surface area (Å²) in [5.41, 5.74) is 5.59. The van der Waals surface area contributed by atoms with Crippen LogP contribution in [0.15, 0.2) is 48.5 Å². The maximum atomic E-state index is 12.3. The maximum absolute atomic E-state index is 12.3. The van der Waals surface area contributed by atoms with Gasteiger partial charge in [-0.2, -0.15) is 0 Å². The molecule has 2 aromatic rings. The van der Waals surface area contributed by atoms with Crippen molar-refractivity contribution in [1.82, 2.24) is 10.9 Å². The molecule has 0 aliphatic heterocycles. The van der Waals surface area contributed by atoms with E-state index in [9.17, 15) is 14.4 Å². The number of amides is 3. The lowest BCUT2D eigenvalue weighted by Crippen LogP contribution is -2.42. The molecular formula is C22H27N3O5. The Bertz CT molecular complexity index is 852. The third-order valence-electron chi connectivity index (χ3n) is 3.94. The highest BCUT2D eigenvalue weighted by Crippen LogP contribution is 2.18. The molecule has 0 radical (unpaired) electrons. The standard InChI is InChI=1S/C22H27N3O5/c1-3-15-30-19-8-6-5-7-18(19)22(28)25-24-21(27)14-13-20(26)23-16-9-11-17(12-10-16)29-4-2/h5-12H,3-4,13-15H2,1-2H3,(H,23,26)(H,24,27)(H,25,28). The highest BCUT2D eigenvalue weighted by Gasteiger charge is 2.13. The van der Waals surface area contributed by atoms with Crippen LogP contribution in [0, 0.1) is 0 Å². The monoisotopic (exact) mass is 413 g/mol. The van der Waals surface area contributed by atoms with Crippen LogP contribution in [0.4, 0.5) is 5.69 Å². The van der Waals surface area contributed by atoms with E-state index in [2.05, 4.69) is 16.2 Å². The van der Waals surface area contributed by atoms with Gasteiger partial charge in [-0.25, -0.2) is 0 Å². The zero-order chi connectivity index (χ0) is 21.8. The Balaban J connectivity index is 1.75. The summed E-state index contributed by atoms with van der Waals surface area (Å²) in [6.45, 7) is 4.91. The van der Waals surface area contributed by atoms with Crippen LogP contribution in [0.1, 0.15) is 43.5 Å². The Kier molecular flexibility index (Phi) is 9.18. The van der Waals surface area contributed by atoms with Gasteiger partial charge in [-0.05, 0) is 49.7 Å². The van der Waals surface area contributed by atoms with Crippen molar-refractivity contribution in [3.63, 3.8) is 0 Å². The second-order valence-electron chi connectivity index (χ2n) is 6.35. The van der Waals surface area contributed by atoms with E-state index >= 15 is 0 Å². The number of benzene rings is 2. The van der Waals surface area contributed by atoms with Crippen LogP contribution < -0.4 is 25.6 Å². The second-order valence-corrected chi connectivity index (χ2v) is 6.35. The highest BCUT2D eigenvalue weighted by molar-refractivity contribution is 5.98. The normalized spacial score (nSPS) is 10.1. The fourth-order valence-corrected chi connectivity index (χ4v) is 2.50. The number of hydrogen-bond donors (Lipinski definition) is 3. The summed E-state index contributed by atoms with van der Waals surface area (Å²) in [4.78, 5) is 36.3. The van der Waals surface area contributed by atoms with Gasteiger partial charge in [0.05, 0.1) is 18.8 Å². The molecule has 3 amide bonds. The fourth-order valence-electron chi connectivity index (χ4n) is 2.50. The second kappa shape index (κ2) is 12.1. The minimum Gasteiger partial charge on any atom is -0.494 e. The van der Waals surface area contributed by atoms with Gasteiger partial charge in [0.2, 0.25) is 11.8 Å². The van der Waals surface area contributed by atoms with Crippen molar-refractivity contribution in [3.05, 3.63) is 54.1 Å². The van der Waals surface area contributed by atoms with Crippen LogP contribution in [0.2, 0.25) is 0 Å². The van der Waals surface area contributed by atoms with E-state index < -0.39 is 11.8 Å². The van der Waals surface area contributed by atoms with E-state index in [-0.39, 0.29) is 18.7 Å². The average molecular weight is 413 g/mol. The first-order valence-electron chi connectivity index (χ1n) is 9.87. The van der Waals surface area contributed by atoms with Gasteiger partial charge in [0.15, 0.2) is 0 Å². The number of hydrazine groups is 1. The van der Waals surface area contributed by atoms with E-state index in [4.69, 9.17) is 9.47 Å². The van der Waals surface area contributed by atoms with Gasteiger partial charge in [-0.1, -0.05) is 19.1 Å². The molecule has 0 aromatic heterocycles. The number of nitrogens with one attached hydrogen (secondary N) is 3. The topological polar surface area (TPSA) is 106 Å². The molecule has 8 heteroatoms. The van der Waals surface area contributed by atoms with E-state index in [1.165, 1.54) is 0 Å². The number of carbonyl (C=O) groups is 3. The number of carbonyl (C=O) groups excluding carboxylic acids is 3. The summed E-state index contributed by atoms with van der Waals surface area (Å²) in [5, 5.41) is 2.71. The Morgan fingerprint density at radius 3 is 2.23 bits per heavy atom. The molecule has 0 bridgehead atoms. The Labute approximate surface area is 175 Å². The van der Waals surface area contributed by atoms with Crippen LogP contribution >= 0.6 is 0 Å². The largest absolute Gasteiger partial charge is 0.494 e. The molecule has 0 saturated carbocycles. The van der Waals surface area contributed by atoms with Crippen molar-refractivity contribution < 1.29 is 23.9 Å². The van der Waals surface area contributed by atoms with E-state index in [0.29, 0.717) is 36.0 Å².